The van der Waals surface area contributed by atoms with Crippen molar-refractivity contribution >= 4 is 35.8 Å². The minimum atomic E-state index is -2.21. The first-order valence-electron chi connectivity index (χ1n) is 23.8. The van der Waals surface area contributed by atoms with Crippen molar-refractivity contribution in [2.45, 2.75) is 63.8 Å². The van der Waals surface area contributed by atoms with Crippen molar-refractivity contribution in [1.29, 1.82) is 0 Å². The predicted molar refractivity (Wildman–Crippen MR) is 267 cm³/mol. The fraction of sp³-hybridized carbons (Fsp3) is 0.370. The van der Waals surface area contributed by atoms with Gasteiger partial charge in [-0.25, -0.2) is 28.8 Å². The van der Waals surface area contributed by atoms with Gasteiger partial charge in [0.05, 0.1) is 63.9 Å². The number of methoxy groups -OCH3 is 4. The Kier molecular flexibility index (Phi) is 19.0. The number of carboxylic acid groups (broad SMARTS) is 2. The number of aliphatic carboxylic acids is 2. The number of hydrogen-bond donors (Lipinski definition) is 4. The molecule has 4 heterocycles. The second-order valence-corrected chi connectivity index (χ2v) is 17.2. The van der Waals surface area contributed by atoms with Crippen molar-refractivity contribution in [3.8, 4) is 23.0 Å². The van der Waals surface area contributed by atoms with Crippen LogP contribution in [0, 0.1) is 0 Å². The van der Waals surface area contributed by atoms with Crippen molar-refractivity contribution in [3.63, 3.8) is 0 Å². The fourth-order valence-electron chi connectivity index (χ4n) is 9.12. The highest BCUT2D eigenvalue weighted by atomic mass is 16.6. The molecule has 20 heteroatoms. The van der Waals surface area contributed by atoms with Crippen LogP contribution in [0.4, 0.5) is 0 Å². The van der Waals surface area contributed by atoms with Crippen molar-refractivity contribution in [3.05, 3.63) is 141 Å². The summed E-state index contributed by atoms with van der Waals surface area (Å²) in [6.45, 7) is 7.14. The van der Waals surface area contributed by atoms with Gasteiger partial charge >= 0.3 is 35.8 Å². The van der Waals surface area contributed by atoms with E-state index in [9.17, 15) is 39.0 Å². The molecule has 0 radical (unpaired) electrons. The maximum absolute atomic E-state index is 12.1. The number of carboxylic acids is 2. The Bertz CT molecular complexity index is 2580. The van der Waals surface area contributed by atoms with Crippen LogP contribution < -0.4 is 30.4 Å². The second kappa shape index (κ2) is 25.5. The summed E-state index contributed by atoms with van der Waals surface area (Å²) in [5.41, 5.74) is 19.8. The first-order valence-corrected chi connectivity index (χ1v) is 23.8. The highest BCUT2D eigenvalue weighted by Crippen LogP contribution is 2.44. The van der Waals surface area contributed by atoms with Gasteiger partial charge in [-0.1, -0.05) is 36.4 Å². The molecule has 74 heavy (non-hydrogen) atoms. The normalized spacial score (nSPS) is 17.5. The lowest BCUT2D eigenvalue weighted by molar-refractivity contribution is -0.166. The molecule has 0 fully saturated rings. The second-order valence-electron chi connectivity index (χ2n) is 17.2. The van der Waals surface area contributed by atoms with Crippen LogP contribution in [0.1, 0.15) is 81.7 Å². The molecule has 0 aromatic heterocycles. The Morgan fingerprint density at radius 3 is 1.19 bits per heavy atom. The molecule has 0 saturated carbocycles. The topological polar surface area (TPSA) is 275 Å². The fourth-order valence-corrected chi connectivity index (χ4v) is 9.12. The zero-order valence-corrected chi connectivity index (χ0v) is 42.1. The van der Waals surface area contributed by atoms with Crippen molar-refractivity contribution < 1.29 is 76.9 Å². The monoisotopic (exact) mass is 1020 g/mol. The quantitative estimate of drug-likeness (QED) is 0.0883. The van der Waals surface area contributed by atoms with Gasteiger partial charge in [-0.3, -0.25) is 9.80 Å². The lowest BCUT2D eigenvalue weighted by Crippen LogP contribution is -2.45. The van der Waals surface area contributed by atoms with E-state index in [0.29, 0.717) is 61.7 Å². The van der Waals surface area contributed by atoms with Crippen molar-refractivity contribution in [1.82, 2.24) is 9.80 Å². The van der Waals surface area contributed by atoms with Gasteiger partial charge in [-0.05, 0) is 97.5 Å². The van der Waals surface area contributed by atoms with Crippen LogP contribution in [0.3, 0.4) is 0 Å². The SMILES string of the molecule is CCOC(=O)C1=C(N)C[C@H]2c3cc(OC)c(OC)cc3CCN2C1.CCOC(=O)C1=C(N)C[C@H]2c3cc(OC)c(OC)cc3CCN2C1.O=C(O[C@H](C(=O)O)[C@H](OC(=O)c1ccccc1)C(=O)O)c1ccccc1. The number of rotatable bonds is 15. The van der Waals surface area contributed by atoms with Crippen LogP contribution in [-0.4, -0.2) is 136 Å². The van der Waals surface area contributed by atoms with Gasteiger partial charge in [0.1, 0.15) is 0 Å². The summed E-state index contributed by atoms with van der Waals surface area (Å²) in [6, 6.07) is 23.3. The number of benzene rings is 4. The van der Waals surface area contributed by atoms with Crippen LogP contribution in [0.25, 0.3) is 0 Å². The summed E-state index contributed by atoms with van der Waals surface area (Å²) in [4.78, 5) is 75.6. The van der Waals surface area contributed by atoms with Gasteiger partial charge in [-0.15, -0.1) is 0 Å². The molecule has 8 rings (SSSR count). The van der Waals surface area contributed by atoms with E-state index in [-0.39, 0.29) is 35.1 Å². The molecule has 0 aliphatic carbocycles. The van der Waals surface area contributed by atoms with Crippen molar-refractivity contribution in [2.24, 2.45) is 11.5 Å². The van der Waals surface area contributed by atoms with Gasteiger partial charge < -0.3 is 59.6 Å². The smallest absolute Gasteiger partial charge is 0.349 e. The summed E-state index contributed by atoms with van der Waals surface area (Å²) in [5.74, 6) is -3.30. The molecule has 0 spiro atoms. The molecule has 4 aliphatic rings. The van der Waals surface area contributed by atoms with Gasteiger partial charge in [0, 0.05) is 62.5 Å². The highest BCUT2D eigenvalue weighted by molar-refractivity contribution is 5.95. The number of carbonyl (C=O) groups excluding carboxylic acids is 4. The average Bonchev–Trinajstić information content (AvgIpc) is 3.41. The van der Waals surface area contributed by atoms with E-state index in [4.69, 9.17) is 49.4 Å². The molecule has 20 nitrogen and oxygen atoms in total. The summed E-state index contributed by atoms with van der Waals surface area (Å²) < 4.78 is 41.5. The molecule has 4 aromatic carbocycles. The Balaban J connectivity index is 0.000000181. The molecule has 0 amide bonds. The molecule has 0 bridgehead atoms. The van der Waals surface area contributed by atoms with Crippen LogP contribution in [0.5, 0.6) is 23.0 Å². The standard InChI is InChI=1S/2C18H24N2O4.C18H14O8/c2*1-4-24-18(21)13-10-20-6-5-11-7-16(22-2)17(23-3)8-12(11)15(20)9-14(13)19;19-15(20)13(25-17(23)11-7-3-1-4-8-11)14(16(21)22)26-18(24)12-9-5-2-6-10-12/h2*7-8,15H,4-6,9-10,19H2,1-3H3;1-10,13-14H,(H,19,20)(H,21,22)/t2*15-;13-,14-/m000/s1. The largest absolute Gasteiger partial charge is 0.493 e. The maximum Gasteiger partial charge on any atom is 0.349 e. The number of hydrogen-bond acceptors (Lipinski definition) is 18. The van der Waals surface area contributed by atoms with Crippen LogP contribution in [0.2, 0.25) is 0 Å². The van der Waals surface area contributed by atoms with E-state index in [1.165, 1.54) is 70.8 Å². The number of carbonyl (C=O) groups is 6. The zero-order valence-electron chi connectivity index (χ0n) is 42.1. The van der Waals surface area contributed by atoms with Gasteiger partial charge in [0.2, 0.25) is 12.2 Å². The molecule has 0 saturated heterocycles. The van der Waals surface area contributed by atoms with E-state index in [1.54, 1.807) is 54.4 Å². The third-order valence-corrected chi connectivity index (χ3v) is 12.8. The summed E-state index contributed by atoms with van der Waals surface area (Å²) in [5, 5.41) is 18.5. The van der Waals surface area contributed by atoms with E-state index in [2.05, 4.69) is 9.80 Å². The first kappa shape index (κ1) is 55.2. The molecule has 4 aliphatic heterocycles. The average molecular weight is 1020 g/mol. The Hall–Kier alpha value is -8.10. The number of nitrogens with two attached hydrogens (primary N) is 2. The molecular formula is C54H62N4O16. The van der Waals surface area contributed by atoms with E-state index >= 15 is 0 Å². The lowest BCUT2D eigenvalue weighted by Gasteiger charge is -2.41. The maximum atomic E-state index is 12.1. The van der Waals surface area contributed by atoms with Gasteiger partial charge in [-0.2, -0.15) is 0 Å². The number of nitrogens with zero attached hydrogens (tertiary/aromatic N) is 2. The van der Waals surface area contributed by atoms with Crippen LogP contribution >= 0.6 is 0 Å². The third kappa shape index (κ3) is 12.9. The Morgan fingerprint density at radius 2 is 0.878 bits per heavy atom. The molecule has 4 atom stereocenters. The number of esters is 4. The first-order chi connectivity index (χ1) is 35.6. The van der Waals surface area contributed by atoms with Gasteiger partial charge in [0.15, 0.2) is 23.0 Å². The zero-order chi connectivity index (χ0) is 53.6. The van der Waals surface area contributed by atoms with Gasteiger partial charge in [0.25, 0.3) is 0 Å². The third-order valence-electron chi connectivity index (χ3n) is 12.8. The highest BCUT2D eigenvalue weighted by Gasteiger charge is 2.41. The number of ether oxygens (including phenoxy) is 8. The van der Waals surface area contributed by atoms with E-state index < -0.39 is 36.1 Å². The lowest BCUT2D eigenvalue weighted by atomic mass is 9.86. The summed E-state index contributed by atoms with van der Waals surface area (Å²) in [6.07, 6.45) is -1.38. The summed E-state index contributed by atoms with van der Waals surface area (Å²) >= 11 is 0. The van der Waals surface area contributed by atoms with Crippen LogP contribution in [0.15, 0.2) is 107 Å². The minimum Gasteiger partial charge on any atom is -0.493 e. The van der Waals surface area contributed by atoms with Crippen molar-refractivity contribution in [2.75, 3.05) is 67.8 Å². The van der Waals surface area contributed by atoms with E-state index in [1.807, 2.05) is 24.3 Å². The Morgan fingerprint density at radius 1 is 0.541 bits per heavy atom. The molecule has 6 N–H and O–H groups in total. The minimum absolute atomic E-state index is 0.0253. The molecule has 0 unspecified atom stereocenters. The number of fused-ring (bicyclic) bond motifs is 6. The Labute approximate surface area is 428 Å². The predicted octanol–water partition coefficient (Wildman–Crippen LogP) is 5.17. The molecular weight excluding hydrogens is 961 g/mol. The van der Waals surface area contributed by atoms with Crippen LogP contribution in [-0.2, 0) is 51.0 Å². The summed E-state index contributed by atoms with van der Waals surface area (Å²) in [7, 11) is 6.57. The molecule has 4 aromatic rings. The van der Waals surface area contributed by atoms with E-state index in [0.717, 1.165) is 48.9 Å². The molecule has 394 valence electrons.